The van der Waals surface area contributed by atoms with Gasteiger partial charge in [0.1, 0.15) is 5.82 Å². The third-order valence-corrected chi connectivity index (χ3v) is 6.09. The predicted molar refractivity (Wildman–Crippen MR) is 137 cm³/mol. The van der Waals surface area contributed by atoms with Gasteiger partial charge in [0.15, 0.2) is 0 Å². The highest BCUT2D eigenvalue weighted by Crippen LogP contribution is 2.30. The van der Waals surface area contributed by atoms with Crippen molar-refractivity contribution in [1.82, 2.24) is 19.9 Å². The van der Waals surface area contributed by atoms with E-state index in [4.69, 9.17) is 14.7 Å². The highest BCUT2D eigenvalue weighted by Gasteiger charge is 2.19. The van der Waals surface area contributed by atoms with Crippen LogP contribution in [0.3, 0.4) is 0 Å². The molecular weight excluding hydrogens is 424 g/mol. The molecule has 4 heterocycles. The van der Waals surface area contributed by atoms with E-state index in [1.807, 2.05) is 43.1 Å². The first kappa shape index (κ1) is 22.0. The van der Waals surface area contributed by atoms with Crippen LogP contribution in [-0.4, -0.2) is 53.2 Å². The number of likely N-dealkylation sites (N-methyl/N-ethyl adjacent to an activating group) is 1. The number of pyridine rings is 1. The fourth-order valence-corrected chi connectivity index (χ4v) is 4.18. The highest BCUT2D eigenvalue weighted by atomic mass is 16.5. The number of hydrogen-bond acceptors (Lipinski definition) is 6. The third-order valence-electron chi connectivity index (χ3n) is 6.09. The van der Waals surface area contributed by atoms with Crippen LogP contribution in [-0.2, 0) is 11.3 Å². The van der Waals surface area contributed by atoms with Crippen LogP contribution in [0.25, 0.3) is 17.0 Å². The molecule has 2 aliphatic heterocycles. The summed E-state index contributed by atoms with van der Waals surface area (Å²) in [5.74, 6) is 0.853. The average molecular weight is 455 g/mol. The molecule has 0 amide bonds. The molecular formula is C27H30N6O. The average Bonchev–Trinajstić information content (AvgIpc) is 3.30. The van der Waals surface area contributed by atoms with Crippen molar-refractivity contribution in [3.63, 3.8) is 0 Å². The number of ether oxygens (including phenoxy) is 1. The van der Waals surface area contributed by atoms with Crippen molar-refractivity contribution in [3.05, 3.63) is 90.3 Å². The van der Waals surface area contributed by atoms with Gasteiger partial charge in [-0.1, -0.05) is 18.7 Å². The number of anilines is 2. The first-order valence-electron chi connectivity index (χ1n) is 11.6. The van der Waals surface area contributed by atoms with Gasteiger partial charge in [-0.3, -0.25) is 4.98 Å². The van der Waals surface area contributed by atoms with Crippen molar-refractivity contribution < 1.29 is 4.74 Å². The summed E-state index contributed by atoms with van der Waals surface area (Å²) in [6, 6.07) is 14.5. The van der Waals surface area contributed by atoms with Gasteiger partial charge in [0.25, 0.3) is 0 Å². The summed E-state index contributed by atoms with van der Waals surface area (Å²) in [6.45, 7) is 10.0. The Morgan fingerprint density at radius 2 is 1.91 bits per heavy atom. The first-order valence-corrected chi connectivity index (χ1v) is 11.6. The van der Waals surface area contributed by atoms with Crippen LogP contribution in [0.4, 0.5) is 11.4 Å². The monoisotopic (exact) mass is 454 g/mol. The zero-order valence-corrected chi connectivity index (χ0v) is 19.7. The molecule has 1 fully saturated rings. The molecule has 2 aromatic heterocycles. The normalized spacial score (nSPS) is 16.1. The van der Waals surface area contributed by atoms with E-state index >= 15 is 0 Å². The van der Waals surface area contributed by atoms with Gasteiger partial charge < -0.3 is 24.8 Å². The Bertz CT molecular complexity index is 1250. The van der Waals surface area contributed by atoms with Gasteiger partial charge in [-0.05, 0) is 49.4 Å². The molecule has 34 heavy (non-hydrogen) atoms. The number of nitrogens with one attached hydrogen (secondary N) is 2. The molecule has 5 rings (SSSR count). The molecule has 0 atom stereocenters. The second-order valence-electron chi connectivity index (χ2n) is 8.59. The van der Waals surface area contributed by atoms with Gasteiger partial charge >= 0.3 is 0 Å². The zero-order valence-electron chi connectivity index (χ0n) is 19.7. The summed E-state index contributed by atoms with van der Waals surface area (Å²) in [4.78, 5) is 17.6. The molecule has 0 bridgehead atoms. The smallest absolute Gasteiger partial charge is 0.126 e. The Kier molecular flexibility index (Phi) is 6.18. The van der Waals surface area contributed by atoms with E-state index in [-0.39, 0.29) is 0 Å². The Labute approximate surface area is 200 Å². The van der Waals surface area contributed by atoms with Gasteiger partial charge in [-0.25, -0.2) is 4.98 Å². The number of imidazole rings is 1. The van der Waals surface area contributed by atoms with Crippen molar-refractivity contribution in [1.29, 1.82) is 0 Å². The van der Waals surface area contributed by atoms with Crippen molar-refractivity contribution in [3.8, 4) is 11.4 Å². The van der Waals surface area contributed by atoms with E-state index in [2.05, 4.69) is 58.3 Å². The van der Waals surface area contributed by atoms with Crippen LogP contribution < -0.4 is 10.2 Å². The number of aromatic nitrogens is 3. The van der Waals surface area contributed by atoms with E-state index in [1.54, 1.807) is 0 Å². The second-order valence-corrected chi connectivity index (χ2v) is 8.59. The molecule has 0 unspecified atom stereocenters. The summed E-state index contributed by atoms with van der Waals surface area (Å²) in [6.07, 6.45) is 6.12. The standard InChI is InChI=1S/C27H30N6O/c1-19-6-4-9-24(29-19)27-26(21-11-10-20(2)32(3)18-21)30-25(31-27)17-28-22-7-5-8-23(16-22)33-12-14-34-15-13-33/h4-11,16,18,28H,2,12-15,17H2,1,3H3,(H,30,31). The number of H-pyrrole nitrogens is 1. The lowest BCUT2D eigenvalue weighted by molar-refractivity contribution is 0.122. The van der Waals surface area contributed by atoms with Crippen LogP contribution in [0.15, 0.2) is 73.1 Å². The maximum atomic E-state index is 5.48. The summed E-state index contributed by atoms with van der Waals surface area (Å²) in [7, 11) is 1.99. The summed E-state index contributed by atoms with van der Waals surface area (Å²) in [5.41, 5.74) is 7.87. The molecule has 0 aliphatic carbocycles. The predicted octanol–water partition coefficient (Wildman–Crippen LogP) is 4.59. The van der Waals surface area contributed by atoms with Crippen molar-refractivity contribution in [2.45, 2.75) is 13.5 Å². The molecule has 7 heteroatoms. The molecule has 174 valence electrons. The van der Waals surface area contributed by atoms with E-state index < -0.39 is 0 Å². The highest BCUT2D eigenvalue weighted by molar-refractivity contribution is 5.82. The molecule has 7 nitrogen and oxygen atoms in total. The lowest BCUT2D eigenvalue weighted by Gasteiger charge is -2.29. The number of aromatic amines is 1. The summed E-state index contributed by atoms with van der Waals surface area (Å²) >= 11 is 0. The number of nitrogens with zero attached hydrogens (tertiary/aromatic N) is 4. The number of aryl methyl sites for hydroxylation is 1. The lowest BCUT2D eigenvalue weighted by Crippen LogP contribution is -2.36. The minimum absolute atomic E-state index is 0.574. The molecule has 1 aromatic carbocycles. The maximum Gasteiger partial charge on any atom is 0.126 e. The quantitative estimate of drug-likeness (QED) is 0.568. The van der Waals surface area contributed by atoms with E-state index in [9.17, 15) is 0 Å². The topological polar surface area (TPSA) is 69.3 Å². The Hall–Kier alpha value is -3.84. The lowest BCUT2D eigenvalue weighted by atomic mass is 10.1. The molecule has 0 spiro atoms. The molecule has 2 N–H and O–H groups in total. The van der Waals surface area contributed by atoms with Crippen molar-refractivity contribution in [2.24, 2.45) is 0 Å². The number of rotatable bonds is 6. The van der Waals surface area contributed by atoms with Gasteiger partial charge in [0.2, 0.25) is 0 Å². The van der Waals surface area contributed by atoms with Gasteiger partial charge in [0.05, 0.1) is 36.8 Å². The molecule has 0 radical (unpaired) electrons. The number of benzene rings is 1. The minimum Gasteiger partial charge on any atom is -0.378 e. The van der Waals surface area contributed by atoms with Gasteiger partial charge in [-0.15, -0.1) is 0 Å². The first-order chi connectivity index (χ1) is 16.6. The Balaban J connectivity index is 1.41. The minimum atomic E-state index is 0.574. The number of allylic oxidation sites excluding steroid dienone is 3. The van der Waals surface area contributed by atoms with Gasteiger partial charge in [-0.2, -0.15) is 0 Å². The molecule has 1 saturated heterocycles. The fraction of sp³-hybridized carbons (Fsp3) is 0.259. The maximum absolute atomic E-state index is 5.48. The van der Waals surface area contributed by atoms with Crippen LogP contribution in [0, 0.1) is 6.92 Å². The van der Waals surface area contributed by atoms with E-state index in [1.165, 1.54) is 5.69 Å². The van der Waals surface area contributed by atoms with Crippen molar-refractivity contribution >= 4 is 16.9 Å². The fourth-order valence-electron chi connectivity index (χ4n) is 4.18. The second kappa shape index (κ2) is 9.57. The summed E-state index contributed by atoms with van der Waals surface area (Å²) < 4.78 is 5.48. The molecule has 0 saturated carbocycles. The number of hydrogen-bond donors (Lipinski definition) is 2. The van der Waals surface area contributed by atoms with E-state index in [0.29, 0.717) is 6.54 Å². The van der Waals surface area contributed by atoms with Crippen LogP contribution in [0.1, 0.15) is 17.2 Å². The Morgan fingerprint density at radius 1 is 1.09 bits per heavy atom. The van der Waals surface area contributed by atoms with Crippen LogP contribution in [0.2, 0.25) is 0 Å². The molecule has 3 aromatic rings. The summed E-state index contributed by atoms with van der Waals surface area (Å²) in [5, 5.41) is 3.53. The number of morpholine rings is 1. The van der Waals surface area contributed by atoms with Crippen LogP contribution in [0.5, 0.6) is 0 Å². The van der Waals surface area contributed by atoms with Crippen LogP contribution >= 0.6 is 0 Å². The third kappa shape index (κ3) is 4.75. The van der Waals surface area contributed by atoms with Gasteiger partial charge in [0, 0.05) is 54.7 Å². The van der Waals surface area contributed by atoms with Crippen molar-refractivity contribution in [2.75, 3.05) is 43.6 Å². The SMILES string of the molecule is C=C1C=CC(c2nc(CNc3cccc(N4CCOCC4)c3)[nH]c2-c2cccc(C)n2)=CN1C. The largest absolute Gasteiger partial charge is 0.378 e. The molecule has 2 aliphatic rings. The Morgan fingerprint density at radius 3 is 2.71 bits per heavy atom. The zero-order chi connectivity index (χ0) is 23.5. The van der Waals surface area contributed by atoms with E-state index in [0.717, 1.165) is 71.9 Å².